The Labute approximate surface area is 130 Å². The van der Waals surface area contributed by atoms with Crippen molar-refractivity contribution in [2.45, 2.75) is 17.0 Å². The van der Waals surface area contributed by atoms with Crippen LogP contribution in [0.1, 0.15) is 5.56 Å². The number of nitrogens with zero attached hydrogens (tertiary/aromatic N) is 3. The van der Waals surface area contributed by atoms with Gasteiger partial charge in [-0.05, 0) is 36.4 Å². The second-order valence-corrected chi connectivity index (χ2v) is 5.51. The van der Waals surface area contributed by atoms with E-state index in [9.17, 15) is 10.1 Å². The topological polar surface area (TPSA) is 82.1 Å². The van der Waals surface area contributed by atoms with E-state index in [1.165, 1.54) is 6.07 Å². The molecule has 22 heavy (non-hydrogen) atoms. The minimum absolute atomic E-state index is 0.0168. The molecule has 0 saturated heterocycles. The lowest BCUT2D eigenvalue weighted by molar-refractivity contribution is -0.387. The Morgan fingerprint density at radius 2 is 1.82 bits per heavy atom. The fourth-order valence-electron chi connectivity index (χ4n) is 1.96. The van der Waals surface area contributed by atoms with Gasteiger partial charge in [0.15, 0.2) is 0 Å². The molecule has 0 aliphatic heterocycles. The van der Waals surface area contributed by atoms with Gasteiger partial charge in [0, 0.05) is 11.6 Å². The zero-order chi connectivity index (χ0) is 15.5. The summed E-state index contributed by atoms with van der Waals surface area (Å²) in [6.45, 7) is 1.95. The lowest BCUT2D eigenvalue weighted by Crippen LogP contribution is -1.89. The number of nitro benzene ring substituents is 1. The van der Waals surface area contributed by atoms with Gasteiger partial charge in [0.05, 0.1) is 9.82 Å². The monoisotopic (exact) mass is 313 g/mol. The summed E-state index contributed by atoms with van der Waals surface area (Å²) in [6, 6.07) is 14.1. The van der Waals surface area contributed by atoms with Crippen LogP contribution in [0, 0.1) is 17.0 Å². The number of aromatic nitrogens is 2. The Morgan fingerprint density at radius 3 is 2.59 bits per heavy atom. The van der Waals surface area contributed by atoms with Crippen molar-refractivity contribution in [3.8, 4) is 11.5 Å². The van der Waals surface area contributed by atoms with Crippen molar-refractivity contribution in [1.29, 1.82) is 0 Å². The normalized spacial score (nSPS) is 10.6. The fraction of sp³-hybridized carbons (Fsp3) is 0.0667. The van der Waals surface area contributed by atoms with Crippen LogP contribution in [-0.2, 0) is 0 Å². The first-order valence-corrected chi connectivity index (χ1v) is 7.27. The Bertz CT molecular complexity index is 832. The molecule has 0 aliphatic carbocycles. The van der Waals surface area contributed by atoms with E-state index in [0.717, 1.165) is 22.9 Å². The molecular formula is C15H11N3O3S. The molecule has 3 aromatic rings. The van der Waals surface area contributed by atoms with Gasteiger partial charge >= 0.3 is 0 Å². The summed E-state index contributed by atoms with van der Waals surface area (Å²) in [5.41, 5.74) is 1.89. The average Bonchev–Trinajstić information content (AvgIpc) is 2.96. The van der Waals surface area contributed by atoms with E-state index in [4.69, 9.17) is 4.42 Å². The number of nitro groups is 1. The molecular weight excluding hydrogens is 302 g/mol. The summed E-state index contributed by atoms with van der Waals surface area (Å²) in [6.07, 6.45) is 0. The van der Waals surface area contributed by atoms with Gasteiger partial charge in [-0.15, -0.1) is 10.2 Å². The lowest BCUT2D eigenvalue weighted by atomic mass is 10.1. The van der Waals surface area contributed by atoms with Crippen molar-refractivity contribution in [2.24, 2.45) is 0 Å². The molecule has 110 valence electrons. The number of rotatable bonds is 4. The van der Waals surface area contributed by atoms with Crippen LogP contribution in [0.2, 0.25) is 0 Å². The summed E-state index contributed by atoms with van der Waals surface area (Å²) < 4.78 is 5.61. The predicted octanol–water partition coefficient (Wildman–Crippen LogP) is 4.10. The zero-order valence-electron chi connectivity index (χ0n) is 11.6. The first-order chi connectivity index (χ1) is 10.6. The van der Waals surface area contributed by atoms with Crippen molar-refractivity contribution in [3.05, 3.63) is 64.2 Å². The van der Waals surface area contributed by atoms with Gasteiger partial charge in [-0.2, -0.15) is 0 Å². The van der Waals surface area contributed by atoms with E-state index in [-0.39, 0.29) is 10.9 Å². The van der Waals surface area contributed by atoms with E-state index in [1.807, 2.05) is 31.2 Å². The van der Waals surface area contributed by atoms with Crippen LogP contribution >= 0.6 is 11.8 Å². The molecule has 1 aromatic heterocycles. The highest BCUT2D eigenvalue weighted by Gasteiger charge is 2.17. The van der Waals surface area contributed by atoms with Crippen LogP contribution in [-0.4, -0.2) is 15.1 Å². The molecule has 1 heterocycles. The van der Waals surface area contributed by atoms with Gasteiger partial charge in [-0.25, -0.2) is 0 Å². The van der Waals surface area contributed by atoms with Gasteiger partial charge in [-0.3, -0.25) is 10.1 Å². The van der Waals surface area contributed by atoms with Crippen molar-refractivity contribution >= 4 is 17.4 Å². The maximum absolute atomic E-state index is 11.0. The number of benzene rings is 2. The summed E-state index contributed by atoms with van der Waals surface area (Å²) in [4.78, 5) is 11.0. The van der Waals surface area contributed by atoms with E-state index < -0.39 is 4.92 Å². The maximum Gasteiger partial charge on any atom is 0.283 e. The third-order valence-corrected chi connectivity index (χ3v) is 3.95. The summed E-state index contributed by atoms with van der Waals surface area (Å²) >= 11 is 1.08. The number of aryl methyl sites for hydroxylation is 1. The van der Waals surface area contributed by atoms with Gasteiger partial charge in [-0.1, -0.05) is 30.3 Å². The maximum atomic E-state index is 11.0. The number of hydrogen-bond acceptors (Lipinski definition) is 6. The van der Waals surface area contributed by atoms with Crippen molar-refractivity contribution in [2.75, 3.05) is 0 Å². The van der Waals surface area contributed by atoms with E-state index >= 15 is 0 Å². The predicted molar refractivity (Wildman–Crippen MR) is 81.7 cm³/mol. The Hall–Kier alpha value is -2.67. The molecule has 0 saturated carbocycles. The molecule has 0 amide bonds. The molecule has 0 bridgehead atoms. The Morgan fingerprint density at radius 1 is 1.09 bits per heavy atom. The van der Waals surface area contributed by atoms with Crippen LogP contribution in [0.4, 0.5) is 5.69 Å². The standard InChI is InChI=1S/C15H11N3O3S/c1-10-6-2-3-7-11(10)14-16-17-15(21-14)22-13-9-5-4-8-12(13)18(19)20/h2-9H,1H3. The third kappa shape index (κ3) is 2.84. The second-order valence-electron chi connectivity index (χ2n) is 4.51. The fourth-order valence-corrected chi connectivity index (χ4v) is 2.75. The van der Waals surface area contributed by atoms with E-state index in [1.54, 1.807) is 18.2 Å². The molecule has 7 heteroatoms. The van der Waals surface area contributed by atoms with Crippen LogP contribution < -0.4 is 0 Å². The van der Waals surface area contributed by atoms with Crippen molar-refractivity contribution in [3.63, 3.8) is 0 Å². The first-order valence-electron chi connectivity index (χ1n) is 6.46. The largest absolute Gasteiger partial charge is 0.411 e. The van der Waals surface area contributed by atoms with Crippen LogP contribution in [0.15, 0.2) is 63.1 Å². The molecule has 0 fully saturated rings. The number of hydrogen-bond donors (Lipinski definition) is 0. The average molecular weight is 313 g/mol. The molecule has 3 rings (SSSR count). The molecule has 0 aliphatic rings. The SMILES string of the molecule is Cc1ccccc1-c1nnc(Sc2ccccc2[N+](=O)[O-])o1. The minimum atomic E-state index is -0.430. The second kappa shape index (κ2) is 5.98. The number of para-hydroxylation sites is 1. The quantitative estimate of drug-likeness (QED) is 0.532. The third-order valence-electron chi connectivity index (χ3n) is 3.04. The zero-order valence-corrected chi connectivity index (χ0v) is 12.4. The smallest absolute Gasteiger partial charge is 0.283 e. The molecule has 6 nitrogen and oxygen atoms in total. The van der Waals surface area contributed by atoms with Gasteiger partial charge < -0.3 is 4.42 Å². The summed E-state index contributed by atoms with van der Waals surface area (Å²) in [7, 11) is 0. The van der Waals surface area contributed by atoms with Gasteiger partial charge in [0.1, 0.15) is 0 Å². The molecule has 0 atom stereocenters. The van der Waals surface area contributed by atoms with Gasteiger partial charge in [0.25, 0.3) is 10.9 Å². The molecule has 0 unspecified atom stereocenters. The van der Waals surface area contributed by atoms with Crippen LogP contribution in [0.5, 0.6) is 0 Å². The van der Waals surface area contributed by atoms with Crippen molar-refractivity contribution < 1.29 is 9.34 Å². The summed E-state index contributed by atoms with van der Waals surface area (Å²) in [5.74, 6) is 0.402. The minimum Gasteiger partial charge on any atom is -0.411 e. The molecule has 2 aromatic carbocycles. The summed E-state index contributed by atoms with van der Waals surface area (Å²) in [5, 5.41) is 19.2. The van der Waals surface area contributed by atoms with Crippen molar-refractivity contribution in [1.82, 2.24) is 10.2 Å². The molecule has 0 spiro atoms. The first kappa shape index (κ1) is 14.3. The van der Waals surface area contributed by atoms with Gasteiger partial charge in [0.2, 0.25) is 5.89 Å². The molecule has 0 N–H and O–H groups in total. The van der Waals surface area contributed by atoms with E-state index in [2.05, 4.69) is 10.2 Å². The van der Waals surface area contributed by atoms with Crippen LogP contribution in [0.25, 0.3) is 11.5 Å². The Balaban J connectivity index is 1.90. The molecule has 0 radical (unpaired) electrons. The van der Waals surface area contributed by atoms with Crippen LogP contribution in [0.3, 0.4) is 0 Å². The van der Waals surface area contributed by atoms with E-state index in [0.29, 0.717) is 10.8 Å². The lowest BCUT2D eigenvalue weighted by Gasteiger charge is -1.99. The highest BCUT2D eigenvalue weighted by atomic mass is 32.2. The Kier molecular flexibility index (Phi) is 3.88. The highest BCUT2D eigenvalue weighted by molar-refractivity contribution is 7.99. The highest BCUT2D eigenvalue weighted by Crippen LogP contribution is 2.35.